The maximum absolute atomic E-state index is 10.5. The summed E-state index contributed by atoms with van der Waals surface area (Å²) in [5.74, 6) is 2.36. The monoisotopic (exact) mass is 301 g/mol. The van der Waals surface area contributed by atoms with Gasteiger partial charge in [-0.1, -0.05) is 12.1 Å². The molecule has 1 aromatic carbocycles. The van der Waals surface area contributed by atoms with Crippen molar-refractivity contribution in [2.45, 2.75) is 38.0 Å². The van der Waals surface area contributed by atoms with Crippen LogP contribution in [-0.2, 0) is 7.05 Å². The van der Waals surface area contributed by atoms with E-state index in [2.05, 4.69) is 35.1 Å². The van der Waals surface area contributed by atoms with E-state index in [1.54, 1.807) is 0 Å². The minimum absolute atomic E-state index is 0.529. The molecule has 1 saturated carbocycles. The van der Waals surface area contributed by atoms with Crippen LogP contribution in [0.1, 0.15) is 43.8 Å². The van der Waals surface area contributed by atoms with Crippen molar-refractivity contribution in [2.75, 3.05) is 6.54 Å². The van der Waals surface area contributed by atoms with Gasteiger partial charge < -0.3 is 15.0 Å². The lowest BCUT2D eigenvalue weighted by molar-refractivity contribution is 0.192. The van der Waals surface area contributed by atoms with E-state index in [9.17, 15) is 4.79 Å². The van der Waals surface area contributed by atoms with Crippen LogP contribution in [0.25, 0.3) is 11.0 Å². The lowest BCUT2D eigenvalue weighted by atomic mass is 9.80. The lowest BCUT2D eigenvalue weighted by Crippen LogP contribution is -2.25. The maximum atomic E-state index is 10.5. The van der Waals surface area contributed by atoms with Crippen molar-refractivity contribution in [3.63, 3.8) is 0 Å². The molecule has 0 bridgehead atoms. The molecule has 5 heteroatoms. The van der Waals surface area contributed by atoms with Crippen molar-refractivity contribution in [2.24, 2.45) is 13.0 Å². The van der Waals surface area contributed by atoms with Gasteiger partial charge in [-0.15, -0.1) is 0 Å². The Balaban J connectivity index is 1.61. The second-order valence-electron chi connectivity index (χ2n) is 6.26. The van der Waals surface area contributed by atoms with Crippen LogP contribution in [0, 0.1) is 5.92 Å². The summed E-state index contributed by atoms with van der Waals surface area (Å²) in [6.45, 7) is 0.566. The SMILES string of the molecule is Cn1c(C2CCC(CCNC(=O)O)CC2)nc2ccccc21. The Hall–Kier alpha value is -2.04. The fraction of sp³-hybridized carbons (Fsp3) is 0.529. The average Bonchev–Trinajstić information content (AvgIpc) is 2.85. The van der Waals surface area contributed by atoms with Gasteiger partial charge in [0.15, 0.2) is 0 Å². The molecule has 0 radical (unpaired) electrons. The van der Waals surface area contributed by atoms with E-state index in [0.717, 1.165) is 37.6 Å². The van der Waals surface area contributed by atoms with Gasteiger partial charge in [-0.25, -0.2) is 9.78 Å². The summed E-state index contributed by atoms with van der Waals surface area (Å²) < 4.78 is 2.23. The first-order valence-corrected chi connectivity index (χ1v) is 8.03. The van der Waals surface area contributed by atoms with E-state index >= 15 is 0 Å². The Morgan fingerprint density at radius 2 is 2.05 bits per heavy atom. The van der Waals surface area contributed by atoms with Gasteiger partial charge in [0.1, 0.15) is 5.82 Å². The van der Waals surface area contributed by atoms with Crippen LogP contribution in [0.5, 0.6) is 0 Å². The Kier molecular flexibility index (Phi) is 4.32. The normalized spacial score (nSPS) is 21.9. The van der Waals surface area contributed by atoms with E-state index in [-0.39, 0.29) is 0 Å². The molecule has 22 heavy (non-hydrogen) atoms. The van der Waals surface area contributed by atoms with Gasteiger partial charge >= 0.3 is 6.09 Å². The lowest BCUT2D eigenvalue weighted by Gasteiger charge is -2.28. The summed E-state index contributed by atoms with van der Waals surface area (Å²) in [6.07, 6.45) is 4.64. The van der Waals surface area contributed by atoms with E-state index in [0.29, 0.717) is 18.4 Å². The Bertz CT molecular complexity index is 657. The third-order valence-corrected chi connectivity index (χ3v) is 4.86. The summed E-state index contributed by atoms with van der Waals surface area (Å²) in [7, 11) is 2.10. The molecule has 0 unspecified atom stereocenters. The number of amides is 1. The number of rotatable bonds is 4. The molecule has 2 aromatic rings. The van der Waals surface area contributed by atoms with Gasteiger partial charge in [-0.05, 0) is 50.2 Å². The molecular weight excluding hydrogens is 278 g/mol. The molecule has 1 aliphatic carbocycles. The first kappa shape index (κ1) is 14.9. The summed E-state index contributed by atoms with van der Waals surface area (Å²) in [5.41, 5.74) is 2.28. The molecule has 0 saturated heterocycles. The van der Waals surface area contributed by atoms with Crippen molar-refractivity contribution in [1.29, 1.82) is 0 Å². The van der Waals surface area contributed by atoms with Crippen molar-refractivity contribution in [1.82, 2.24) is 14.9 Å². The Morgan fingerprint density at radius 1 is 1.32 bits per heavy atom. The first-order chi connectivity index (χ1) is 10.6. The number of nitrogens with one attached hydrogen (secondary N) is 1. The zero-order chi connectivity index (χ0) is 15.5. The first-order valence-electron chi connectivity index (χ1n) is 8.03. The summed E-state index contributed by atoms with van der Waals surface area (Å²) in [4.78, 5) is 15.3. The predicted octanol–water partition coefficient (Wildman–Crippen LogP) is 3.50. The number of nitrogens with zero attached hydrogens (tertiary/aromatic N) is 2. The van der Waals surface area contributed by atoms with Crippen molar-refractivity contribution < 1.29 is 9.90 Å². The highest BCUT2D eigenvalue weighted by molar-refractivity contribution is 5.75. The number of carboxylic acid groups (broad SMARTS) is 1. The van der Waals surface area contributed by atoms with Crippen LogP contribution in [0.2, 0.25) is 0 Å². The number of para-hydroxylation sites is 2. The maximum Gasteiger partial charge on any atom is 0.404 e. The highest BCUT2D eigenvalue weighted by Crippen LogP contribution is 2.37. The van der Waals surface area contributed by atoms with E-state index < -0.39 is 6.09 Å². The molecule has 3 rings (SSSR count). The van der Waals surface area contributed by atoms with Crippen LogP contribution in [-0.4, -0.2) is 27.3 Å². The zero-order valence-electron chi connectivity index (χ0n) is 13.0. The van der Waals surface area contributed by atoms with Crippen LogP contribution >= 0.6 is 0 Å². The number of aromatic nitrogens is 2. The second-order valence-corrected chi connectivity index (χ2v) is 6.26. The number of imidazole rings is 1. The number of benzene rings is 1. The van der Waals surface area contributed by atoms with Gasteiger partial charge in [-0.2, -0.15) is 0 Å². The minimum Gasteiger partial charge on any atom is -0.465 e. The molecule has 1 aliphatic rings. The van der Waals surface area contributed by atoms with Gasteiger partial charge in [0.25, 0.3) is 0 Å². The van der Waals surface area contributed by atoms with Gasteiger partial charge in [0, 0.05) is 19.5 Å². The number of fused-ring (bicyclic) bond motifs is 1. The van der Waals surface area contributed by atoms with Crippen molar-refractivity contribution >= 4 is 17.1 Å². The van der Waals surface area contributed by atoms with Crippen LogP contribution in [0.3, 0.4) is 0 Å². The topological polar surface area (TPSA) is 67.2 Å². The smallest absolute Gasteiger partial charge is 0.404 e. The molecule has 1 fully saturated rings. The third-order valence-electron chi connectivity index (χ3n) is 4.86. The molecule has 118 valence electrons. The predicted molar refractivity (Wildman–Crippen MR) is 86.1 cm³/mol. The summed E-state index contributed by atoms with van der Waals surface area (Å²) in [5, 5.41) is 11.1. The van der Waals surface area contributed by atoms with E-state index in [4.69, 9.17) is 10.1 Å². The molecule has 0 aliphatic heterocycles. The Labute approximate surface area is 130 Å². The van der Waals surface area contributed by atoms with Crippen LogP contribution < -0.4 is 5.32 Å². The number of aryl methyl sites for hydroxylation is 1. The number of carbonyl (C=O) groups is 1. The summed E-state index contributed by atoms with van der Waals surface area (Å²) >= 11 is 0. The molecule has 1 aromatic heterocycles. The highest BCUT2D eigenvalue weighted by Gasteiger charge is 2.25. The second kappa shape index (κ2) is 6.38. The fourth-order valence-corrected chi connectivity index (χ4v) is 3.62. The van der Waals surface area contributed by atoms with Gasteiger partial charge in [-0.3, -0.25) is 0 Å². The van der Waals surface area contributed by atoms with Crippen molar-refractivity contribution in [3.05, 3.63) is 30.1 Å². The van der Waals surface area contributed by atoms with Crippen LogP contribution in [0.4, 0.5) is 4.79 Å². The number of hydrogen-bond donors (Lipinski definition) is 2. The molecular formula is C17H23N3O2. The van der Waals surface area contributed by atoms with E-state index in [1.165, 1.54) is 11.3 Å². The van der Waals surface area contributed by atoms with Gasteiger partial charge in [0.2, 0.25) is 0 Å². The zero-order valence-corrected chi connectivity index (χ0v) is 13.0. The molecule has 1 heterocycles. The molecule has 0 spiro atoms. The minimum atomic E-state index is -0.923. The molecule has 2 N–H and O–H groups in total. The summed E-state index contributed by atoms with van der Waals surface area (Å²) in [6, 6.07) is 8.28. The van der Waals surface area contributed by atoms with Crippen molar-refractivity contribution in [3.8, 4) is 0 Å². The quantitative estimate of drug-likeness (QED) is 0.908. The standard InChI is InChI=1S/C17H23N3O2/c1-20-15-5-3-2-4-14(15)19-16(20)13-8-6-12(7-9-13)10-11-18-17(21)22/h2-5,12-13,18H,6-11H2,1H3,(H,21,22). The third kappa shape index (κ3) is 3.08. The van der Waals surface area contributed by atoms with Gasteiger partial charge in [0.05, 0.1) is 11.0 Å². The molecule has 5 nitrogen and oxygen atoms in total. The fourth-order valence-electron chi connectivity index (χ4n) is 3.62. The van der Waals surface area contributed by atoms with Crippen LogP contribution in [0.15, 0.2) is 24.3 Å². The Morgan fingerprint density at radius 3 is 2.73 bits per heavy atom. The van der Waals surface area contributed by atoms with E-state index in [1.807, 2.05) is 6.07 Å². The average molecular weight is 301 g/mol. The number of hydrogen-bond acceptors (Lipinski definition) is 2. The largest absolute Gasteiger partial charge is 0.465 e. The molecule has 0 atom stereocenters. The highest BCUT2D eigenvalue weighted by atomic mass is 16.4. The molecule has 1 amide bonds.